The van der Waals surface area contributed by atoms with Gasteiger partial charge in [-0.25, -0.2) is 0 Å². The summed E-state index contributed by atoms with van der Waals surface area (Å²) in [5.74, 6) is 0. The van der Waals surface area contributed by atoms with Crippen LogP contribution in [0.3, 0.4) is 0 Å². The summed E-state index contributed by atoms with van der Waals surface area (Å²) in [6.07, 6.45) is 0. The monoisotopic (exact) mass is 185 g/mol. The van der Waals surface area contributed by atoms with Gasteiger partial charge in [-0.3, -0.25) is 5.43 Å². The molecule has 12 heavy (non-hydrogen) atoms. The molecule has 0 radical (unpaired) electrons. The lowest BCUT2D eigenvalue weighted by atomic mass is 10.3. The second-order valence-corrected chi connectivity index (χ2v) is 2.66. The molecule has 0 aliphatic carbocycles. The highest BCUT2D eigenvalue weighted by molar-refractivity contribution is 7.61. The summed E-state index contributed by atoms with van der Waals surface area (Å²) in [7, 11) is -2.44. The van der Waals surface area contributed by atoms with E-state index < -0.39 is 10.5 Å². The number of nitrogen functional groups attached to an aromatic ring is 1. The summed E-state index contributed by atoms with van der Waals surface area (Å²) in [6.45, 7) is 0. The first kappa shape index (κ1) is 8.54. The average molecular weight is 185 g/mol. The molecule has 0 amide bonds. The molecule has 0 unspecified atom stereocenters. The van der Waals surface area contributed by atoms with Crippen LogP contribution < -0.4 is 11.2 Å². The summed E-state index contributed by atoms with van der Waals surface area (Å²) in [5.41, 5.74) is 8.92. The van der Waals surface area contributed by atoms with Crippen LogP contribution in [-0.4, -0.2) is 8.42 Å². The van der Waals surface area contributed by atoms with Gasteiger partial charge in [0.2, 0.25) is 0 Å². The van der Waals surface area contributed by atoms with Crippen molar-refractivity contribution in [3.8, 4) is 0 Å². The average Bonchev–Trinajstić information content (AvgIpc) is 2.03. The minimum absolute atomic E-state index is 0.577. The Morgan fingerprint density at radius 2 is 1.83 bits per heavy atom. The van der Waals surface area contributed by atoms with Crippen molar-refractivity contribution in [2.45, 2.75) is 0 Å². The highest BCUT2D eigenvalue weighted by Crippen LogP contribution is 2.09. The molecule has 0 spiro atoms. The molecule has 0 aliphatic heterocycles. The summed E-state index contributed by atoms with van der Waals surface area (Å²) in [6, 6.07) is 6.55. The Morgan fingerprint density at radius 1 is 1.25 bits per heavy atom. The van der Waals surface area contributed by atoms with Crippen LogP contribution in [0.15, 0.2) is 28.7 Å². The molecule has 0 saturated carbocycles. The summed E-state index contributed by atoms with van der Waals surface area (Å²) in [5, 5.41) is 0. The van der Waals surface area contributed by atoms with Gasteiger partial charge in [-0.05, 0) is 24.3 Å². The molecule has 5 nitrogen and oxygen atoms in total. The van der Waals surface area contributed by atoms with Gasteiger partial charge in [0.05, 0.1) is 5.69 Å². The van der Waals surface area contributed by atoms with Crippen molar-refractivity contribution in [1.82, 2.24) is 0 Å². The smallest absolute Gasteiger partial charge is 0.332 e. The third-order valence-corrected chi connectivity index (χ3v) is 1.40. The maximum absolute atomic E-state index is 9.99. The molecule has 0 fully saturated rings. The van der Waals surface area contributed by atoms with Gasteiger partial charge in [0, 0.05) is 5.69 Å². The second-order valence-electron chi connectivity index (χ2n) is 2.04. The Kier molecular flexibility index (Phi) is 2.65. The zero-order valence-electron chi connectivity index (χ0n) is 6.06. The largest absolute Gasteiger partial charge is 0.399 e. The highest BCUT2D eigenvalue weighted by atomic mass is 32.2. The molecule has 3 N–H and O–H groups in total. The number of hydrogen-bond donors (Lipinski definition) is 2. The number of benzene rings is 1. The number of nitrogens with two attached hydrogens (primary N) is 1. The number of nitrogens with one attached hydrogen (secondary N) is 1. The van der Waals surface area contributed by atoms with Crippen LogP contribution in [0.1, 0.15) is 0 Å². The van der Waals surface area contributed by atoms with Crippen molar-refractivity contribution in [3.05, 3.63) is 24.3 Å². The zero-order chi connectivity index (χ0) is 8.97. The number of rotatable bonds is 2. The minimum atomic E-state index is -2.44. The first-order valence-corrected chi connectivity index (χ1v) is 4.13. The van der Waals surface area contributed by atoms with Crippen molar-refractivity contribution in [2.75, 3.05) is 11.2 Å². The van der Waals surface area contributed by atoms with Crippen LogP contribution in [0.5, 0.6) is 0 Å². The standard InChI is InChI=1S/C6H7N3O2S/c7-5-1-3-6(4-2-5)8-9-12(10)11/h1-4,8H,7H2. The third kappa shape index (κ3) is 2.59. The first-order chi connectivity index (χ1) is 5.68. The lowest BCUT2D eigenvalue weighted by molar-refractivity contribution is 0.621. The molecule has 0 heterocycles. The molecule has 1 rings (SSSR count). The van der Waals surface area contributed by atoms with Gasteiger partial charge in [0.1, 0.15) is 0 Å². The molecule has 6 heteroatoms. The molecule has 0 aromatic heterocycles. The zero-order valence-corrected chi connectivity index (χ0v) is 6.88. The van der Waals surface area contributed by atoms with Crippen molar-refractivity contribution in [1.29, 1.82) is 0 Å². The fraction of sp³-hybridized carbons (Fsp3) is 0. The first-order valence-electron chi connectivity index (χ1n) is 3.10. The third-order valence-electron chi connectivity index (χ3n) is 1.16. The van der Waals surface area contributed by atoms with Crippen molar-refractivity contribution in [2.24, 2.45) is 4.47 Å². The van der Waals surface area contributed by atoms with Gasteiger partial charge >= 0.3 is 10.5 Å². The summed E-state index contributed by atoms with van der Waals surface area (Å²) in [4.78, 5) is 0. The number of hydrogen-bond acceptors (Lipinski definition) is 4. The quantitative estimate of drug-likeness (QED) is 0.523. The fourth-order valence-corrected chi connectivity index (χ4v) is 0.828. The van der Waals surface area contributed by atoms with E-state index in [1.807, 2.05) is 0 Å². The van der Waals surface area contributed by atoms with Gasteiger partial charge in [-0.1, -0.05) is 4.47 Å². The van der Waals surface area contributed by atoms with E-state index in [-0.39, 0.29) is 0 Å². The van der Waals surface area contributed by atoms with Crippen LogP contribution in [0, 0.1) is 0 Å². The lowest BCUT2D eigenvalue weighted by Gasteiger charge is -1.96. The van der Waals surface area contributed by atoms with Crippen molar-refractivity contribution < 1.29 is 8.42 Å². The number of nitrogens with zero attached hydrogens (tertiary/aromatic N) is 1. The normalized spacial score (nSPS) is 9.00. The van der Waals surface area contributed by atoms with Gasteiger partial charge < -0.3 is 5.73 Å². The maximum atomic E-state index is 9.99. The van der Waals surface area contributed by atoms with Gasteiger partial charge in [0.25, 0.3) is 0 Å². The Labute approximate surface area is 70.9 Å². The Balaban J connectivity index is 2.78. The van der Waals surface area contributed by atoms with E-state index in [9.17, 15) is 8.42 Å². The Morgan fingerprint density at radius 3 is 2.33 bits per heavy atom. The van der Waals surface area contributed by atoms with Gasteiger partial charge in [0.15, 0.2) is 0 Å². The van der Waals surface area contributed by atoms with E-state index >= 15 is 0 Å². The van der Waals surface area contributed by atoms with Crippen LogP contribution in [-0.2, 0) is 10.5 Å². The van der Waals surface area contributed by atoms with Crippen molar-refractivity contribution in [3.63, 3.8) is 0 Å². The van der Waals surface area contributed by atoms with Gasteiger partial charge in [-0.2, -0.15) is 8.42 Å². The molecular weight excluding hydrogens is 178 g/mol. The lowest BCUT2D eigenvalue weighted by Crippen LogP contribution is -1.88. The molecule has 0 bridgehead atoms. The SMILES string of the molecule is Nc1ccc(NN=S(=O)=O)cc1. The maximum Gasteiger partial charge on any atom is 0.332 e. The van der Waals surface area contributed by atoms with Gasteiger partial charge in [-0.15, -0.1) is 0 Å². The molecule has 0 aliphatic rings. The predicted octanol–water partition coefficient (Wildman–Crippen LogP) is 0.658. The van der Waals surface area contributed by atoms with E-state index in [1.54, 1.807) is 24.3 Å². The Bertz CT molecular complexity index is 374. The molecule has 0 saturated heterocycles. The molecule has 1 aromatic rings. The van der Waals surface area contributed by atoms with E-state index in [0.29, 0.717) is 11.4 Å². The molecular formula is C6H7N3O2S. The fourth-order valence-electron chi connectivity index (χ4n) is 0.648. The van der Waals surface area contributed by atoms with E-state index in [4.69, 9.17) is 5.73 Å². The molecule has 64 valence electrons. The topological polar surface area (TPSA) is 84.5 Å². The van der Waals surface area contributed by atoms with Crippen LogP contribution >= 0.6 is 0 Å². The highest BCUT2D eigenvalue weighted by Gasteiger charge is 1.87. The van der Waals surface area contributed by atoms with Crippen LogP contribution in [0.2, 0.25) is 0 Å². The molecule has 1 aromatic carbocycles. The second kappa shape index (κ2) is 3.72. The van der Waals surface area contributed by atoms with Crippen molar-refractivity contribution >= 4 is 21.9 Å². The van der Waals surface area contributed by atoms with Crippen LogP contribution in [0.25, 0.3) is 0 Å². The van der Waals surface area contributed by atoms with E-state index in [2.05, 4.69) is 9.90 Å². The summed E-state index contributed by atoms with van der Waals surface area (Å²) < 4.78 is 23.0. The Hall–Kier alpha value is -1.56. The minimum Gasteiger partial charge on any atom is -0.399 e. The molecule has 0 atom stereocenters. The van der Waals surface area contributed by atoms with Crippen LogP contribution in [0.4, 0.5) is 11.4 Å². The van der Waals surface area contributed by atoms with E-state index in [0.717, 1.165) is 0 Å². The summed E-state index contributed by atoms with van der Waals surface area (Å²) >= 11 is 0. The number of anilines is 2. The predicted molar refractivity (Wildman–Crippen MR) is 45.8 cm³/mol. The van der Waals surface area contributed by atoms with E-state index in [1.165, 1.54) is 0 Å².